The van der Waals surface area contributed by atoms with E-state index < -0.39 is 0 Å². The number of hydrogen-bond donors (Lipinski definition) is 0. The van der Waals surface area contributed by atoms with E-state index in [2.05, 4.69) is 32.0 Å². The maximum absolute atomic E-state index is 6.05. The van der Waals surface area contributed by atoms with Gasteiger partial charge >= 0.3 is 0 Å². The molecule has 0 bridgehead atoms. The Bertz CT molecular complexity index is 768. The monoisotopic (exact) mass is 353 g/mol. The van der Waals surface area contributed by atoms with Gasteiger partial charge in [0.25, 0.3) is 0 Å². The molecule has 0 radical (unpaired) electrons. The Hall–Kier alpha value is -2.33. The molecule has 0 N–H and O–H groups in total. The Balaban J connectivity index is 1.82. The van der Waals surface area contributed by atoms with Crippen LogP contribution in [0, 0.1) is 5.41 Å². The quantitative estimate of drug-likeness (QED) is 0.745. The molecule has 0 amide bonds. The summed E-state index contributed by atoms with van der Waals surface area (Å²) in [7, 11) is 3.41. The summed E-state index contributed by atoms with van der Waals surface area (Å²) in [6.45, 7) is 5.58. The highest BCUT2D eigenvalue weighted by atomic mass is 16.5. The van der Waals surface area contributed by atoms with Gasteiger partial charge in [0.15, 0.2) is 11.5 Å². The van der Waals surface area contributed by atoms with E-state index in [1.165, 1.54) is 5.56 Å². The number of methoxy groups -OCH3 is 2. The molecule has 138 valence electrons. The molecule has 1 unspecified atom stereocenters. The Morgan fingerprint density at radius 2 is 1.85 bits per heavy atom. The minimum absolute atomic E-state index is 0.0199. The third-order valence-corrected chi connectivity index (χ3v) is 4.89. The number of rotatable bonds is 7. The maximum Gasteiger partial charge on any atom is 0.161 e. The predicted octanol–water partition coefficient (Wildman–Crippen LogP) is 4.29. The zero-order valence-corrected chi connectivity index (χ0v) is 16.0. The third-order valence-electron chi connectivity index (χ3n) is 4.89. The molecule has 1 atom stereocenters. The highest BCUT2D eigenvalue weighted by molar-refractivity contribution is 5.84. The molecule has 0 aliphatic carbocycles. The smallest absolute Gasteiger partial charge is 0.161 e. The summed E-state index contributed by atoms with van der Waals surface area (Å²) in [4.78, 5) is 4.76. The van der Waals surface area contributed by atoms with Crippen LogP contribution in [0.3, 0.4) is 0 Å². The van der Waals surface area contributed by atoms with Crippen LogP contribution in [0.15, 0.2) is 47.5 Å². The Labute approximate surface area is 155 Å². The molecule has 0 aromatic heterocycles. The summed E-state index contributed by atoms with van der Waals surface area (Å²) in [6.07, 6.45) is 2.82. The molecule has 0 spiro atoms. The van der Waals surface area contributed by atoms with Gasteiger partial charge in [-0.25, -0.2) is 0 Å². The molecular weight excluding hydrogens is 326 g/mol. The standard InChI is InChI=1S/C22H27NO3/c1-22(2,15-24-3)21-12-17-10-20(19(25-4)11-18(17)13-23-21)26-14-16-8-6-5-7-9-16/h5-11,13,21H,12,14-15H2,1-4H3. The lowest BCUT2D eigenvalue weighted by molar-refractivity contribution is 0.0858. The summed E-state index contributed by atoms with van der Waals surface area (Å²) in [5.74, 6) is 1.51. The van der Waals surface area contributed by atoms with Crippen molar-refractivity contribution in [1.29, 1.82) is 0 Å². The van der Waals surface area contributed by atoms with Crippen molar-refractivity contribution in [2.24, 2.45) is 10.4 Å². The van der Waals surface area contributed by atoms with Crippen molar-refractivity contribution in [3.63, 3.8) is 0 Å². The number of benzene rings is 2. The first-order valence-corrected chi connectivity index (χ1v) is 8.93. The molecule has 4 nitrogen and oxygen atoms in total. The zero-order chi connectivity index (χ0) is 18.6. The third kappa shape index (κ3) is 4.07. The van der Waals surface area contributed by atoms with Gasteiger partial charge in [-0.3, -0.25) is 4.99 Å². The first-order chi connectivity index (χ1) is 12.5. The fourth-order valence-corrected chi connectivity index (χ4v) is 3.30. The summed E-state index contributed by atoms with van der Waals surface area (Å²) in [5.41, 5.74) is 3.44. The Morgan fingerprint density at radius 3 is 2.54 bits per heavy atom. The van der Waals surface area contributed by atoms with Crippen LogP contribution in [0.1, 0.15) is 30.5 Å². The maximum atomic E-state index is 6.05. The van der Waals surface area contributed by atoms with Crippen molar-refractivity contribution in [3.8, 4) is 11.5 Å². The summed E-state index contributed by atoms with van der Waals surface area (Å²) >= 11 is 0. The Kier molecular flexibility index (Phi) is 5.62. The van der Waals surface area contributed by atoms with Gasteiger partial charge < -0.3 is 14.2 Å². The first kappa shape index (κ1) is 18.5. The summed E-state index contributed by atoms with van der Waals surface area (Å²) < 4.78 is 17.0. The van der Waals surface area contributed by atoms with Crippen molar-refractivity contribution in [1.82, 2.24) is 0 Å². The van der Waals surface area contributed by atoms with Gasteiger partial charge in [0.2, 0.25) is 0 Å². The van der Waals surface area contributed by atoms with Crippen LogP contribution >= 0.6 is 0 Å². The minimum Gasteiger partial charge on any atom is -0.493 e. The lowest BCUT2D eigenvalue weighted by Gasteiger charge is -2.33. The second kappa shape index (κ2) is 7.92. The molecule has 2 aromatic rings. The van der Waals surface area contributed by atoms with E-state index in [9.17, 15) is 0 Å². The number of aliphatic imine (C=N–C) groups is 1. The van der Waals surface area contributed by atoms with Crippen molar-refractivity contribution < 1.29 is 14.2 Å². The van der Waals surface area contributed by atoms with Gasteiger partial charge in [-0.2, -0.15) is 0 Å². The van der Waals surface area contributed by atoms with Gasteiger partial charge in [0.05, 0.1) is 19.8 Å². The highest BCUT2D eigenvalue weighted by Gasteiger charge is 2.32. The number of hydrogen-bond acceptors (Lipinski definition) is 4. The average molecular weight is 353 g/mol. The van der Waals surface area contributed by atoms with Gasteiger partial charge in [-0.15, -0.1) is 0 Å². The predicted molar refractivity (Wildman–Crippen MR) is 105 cm³/mol. The molecule has 1 aliphatic rings. The number of ether oxygens (including phenoxy) is 3. The fourth-order valence-electron chi connectivity index (χ4n) is 3.30. The van der Waals surface area contributed by atoms with Gasteiger partial charge in [-0.05, 0) is 35.2 Å². The van der Waals surface area contributed by atoms with Crippen LogP contribution in [-0.2, 0) is 17.8 Å². The second-order valence-electron chi connectivity index (χ2n) is 7.40. The fraction of sp³-hybridized carbons (Fsp3) is 0.409. The van der Waals surface area contributed by atoms with Crippen molar-refractivity contribution >= 4 is 6.21 Å². The lowest BCUT2D eigenvalue weighted by atomic mass is 9.80. The van der Waals surface area contributed by atoms with Crippen LogP contribution in [0.4, 0.5) is 0 Å². The molecule has 0 saturated heterocycles. The van der Waals surface area contributed by atoms with Crippen molar-refractivity contribution in [3.05, 3.63) is 59.2 Å². The van der Waals surface area contributed by atoms with Gasteiger partial charge in [0, 0.05) is 18.7 Å². The summed E-state index contributed by atoms with van der Waals surface area (Å²) in [5, 5.41) is 0. The average Bonchev–Trinajstić information content (AvgIpc) is 2.65. The van der Waals surface area contributed by atoms with Crippen molar-refractivity contribution in [2.75, 3.05) is 20.8 Å². The molecule has 2 aromatic carbocycles. The van der Waals surface area contributed by atoms with Crippen LogP contribution in [-0.4, -0.2) is 33.1 Å². The van der Waals surface area contributed by atoms with Crippen LogP contribution in [0.2, 0.25) is 0 Å². The topological polar surface area (TPSA) is 40.0 Å². The SMILES string of the molecule is COCC(C)(C)C1Cc2cc(OCc3ccccc3)c(OC)cc2C=N1. The van der Waals surface area contributed by atoms with Gasteiger partial charge in [-0.1, -0.05) is 44.2 Å². The van der Waals surface area contributed by atoms with Crippen LogP contribution in [0.25, 0.3) is 0 Å². The van der Waals surface area contributed by atoms with E-state index in [0.29, 0.717) is 13.2 Å². The van der Waals surface area contributed by atoms with Crippen LogP contribution in [0.5, 0.6) is 11.5 Å². The first-order valence-electron chi connectivity index (χ1n) is 8.93. The minimum atomic E-state index is -0.0199. The molecule has 1 heterocycles. The van der Waals surface area contributed by atoms with E-state index >= 15 is 0 Å². The van der Waals surface area contributed by atoms with E-state index in [0.717, 1.165) is 29.0 Å². The summed E-state index contributed by atoms with van der Waals surface area (Å²) in [6, 6.07) is 14.4. The van der Waals surface area contributed by atoms with E-state index in [1.54, 1.807) is 14.2 Å². The lowest BCUT2D eigenvalue weighted by Crippen LogP contribution is -2.35. The van der Waals surface area contributed by atoms with Gasteiger partial charge in [0.1, 0.15) is 6.61 Å². The number of fused-ring (bicyclic) bond motifs is 1. The van der Waals surface area contributed by atoms with Crippen LogP contribution < -0.4 is 9.47 Å². The number of nitrogens with zero attached hydrogens (tertiary/aromatic N) is 1. The van der Waals surface area contributed by atoms with E-state index in [-0.39, 0.29) is 11.5 Å². The molecule has 4 heteroatoms. The molecule has 0 fully saturated rings. The zero-order valence-electron chi connectivity index (χ0n) is 16.0. The van der Waals surface area contributed by atoms with E-state index in [4.69, 9.17) is 19.2 Å². The molecule has 26 heavy (non-hydrogen) atoms. The molecule has 1 aliphatic heterocycles. The molecule has 0 saturated carbocycles. The largest absolute Gasteiger partial charge is 0.493 e. The normalized spacial score (nSPS) is 16.2. The van der Waals surface area contributed by atoms with Crippen molar-refractivity contribution in [2.45, 2.75) is 32.9 Å². The highest BCUT2D eigenvalue weighted by Crippen LogP contribution is 2.36. The second-order valence-corrected chi connectivity index (χ2v) is 7.40. The Morgan fingerprint density at radius 1 is 1.08 bits per heavy atom. The molecule has 3 rings (SSSR count). The van der Waals surface area contributed by atoms with E-state index in [1.807, 2.05) is 30.5 Å². The molecular formula is C22H27NO3.